The number of anilines is 1. The lowest BCUT2D eigenvalue weighted by Crippen LogP contribution is -2.26. The van der Waals surface area contributed by atoms with Crippen LogP contribution >= 0.6 is 11.3 Å². The van der Waals surface area contributed by atoms with E-state index >= 15 is 0 Å². The number of rotatable bonds is 4. The van der Waals surface area contributed by atoms with E-state index in [9.17, 15) is 4.79 Å². The first-order valence-electron chi connectivity index (χ1n) is 5.84. The molecular formula is C14H16N2OS. The number of nitrogen functional groups attached to an aromatic ring is 1. The van der Waals surface area contributed by atoms with E-state index in [0.29, 0.717) is 17.8 Å². The molecule has 0 aliphatic rings. The van der Waals surface area contributed by atoms with Crippen LogP contribution in [-0.4, -0.2) is 12.5 Å². The predicted molar refractivity (Wildman–Crippen MR) is 75.9 cm³/mol. The molecule has 0 bridgehead atoms. The SMILES string of the molecule is Cc1cccc(C(=O)NCCc2cccs2)c1N. The Morgan fingerprint density at radius 3 is 2.89 bits per heavy atom. The summed E-state index contributed by atoms with van der Waals surface area (Å²) >= 11 is 1.70. The highest BCUT2D eigenvalue weighted by Gasteiger charge is 2.09. The standard InChI is InChI=1S/C14H16N2OS/c1-10-4-2-6-12(13(10)15)14(17)16-8-7-11-5-3-9-18-11/h2-6,9H,7-8,15H2,1H3,(H,16,17). The summed E-state index contributed by atoms with van der Waals surface area (Å²) in [4.78, 5) is 13.2. The lowest BCUT2D eigenvalue weighted by molar-refractivity contribution is 0.0955. The molecule has 0 saturated carbocycles. The molecule has 1 aromatic heterocycles. The molecule has 1 aromatic carbocycles. The number of benzene rings is 1. The fourth-order valence-electron chi connectivity index (χ4n) is 1.73. The van der Waals surface area contributed by atoms with Gasteiger partial charge in [0.25, 0.3) is 5.91 Å². The summed E-state index contributed by atoms with van der Waals surface area (Å²) in [5.74, 6) is -0.104. The number of aryl methyl sites for hydroxylation is 1. The van der Waals surface area contributed by atoms with Crippen molar-refractivity contribution >= 4 is 22.9 Å². The summed E-state index contributed by atoms with van der Waals surface area (Å²) in [6.45, 7) is 2.53. The van der Waals surface area contributed by atoms with Crippen molar-refractivity contribution in [1.29, 1.82) is 0 Å². The summed E-state index contributed by atoms with van der Waals surface area (Å²) < 4.78 is 0. The molecule has 0 unspecified atom stereocenters. The first-order valence-corrected chi connectivity index (χ1v) is 6.72. The summed E-state index contributed by atoms with van der Waals surface area (Å²) in [5.41, 5.74) is 7.94. The lowest BCUT2D eigenvalue weighted by atomic mass is 10.1. The van der Waals surface area contributed by atoms with E-state index in [4.69, 9.17) is 5.73 Å². The fraction of sp³-hybridized carbons (Fsp3) is 0.214. The van der Waals surface area contributed by atoms with Crippen molar-refractivity contribution in [3.05, 3.63) is 51.7 Å². The summed E-state index contributed by atoms with van der Waals surface area (Å²) in [6, 6.07) is 9.58. The predicted octanol–water partition coefficient (Wildman–Crippen LogP) is 2.61. The highest BCUT2D eigenvalue weighted by Crippen LogP contribution is 2.16. The molecule has 3 N–H and O–H groups in total. The number of carbonyl (C=O) groups is 1. The van der Waals surface area contributed by atoms with Gasteiger partial charge < -0.3 is 11.1 Å². The van der Waals surface area contributed by atoms with Crippen molar-refractivity contribution in [1.82, 2.24) is 5.32 Å². The largest absolute Gasteiger partial charge is 0.398 e. The Balaban J connectivity index is 1.93. The monoisotopic (exact) mass is 260 g/mol. The quantitative estimate of drug-likeness (QED) is 0.830. The second-order valence-corrected chi connectivity index (χ2v) is 5.15. The fourth-order valence-corrected chi connectivity index (χ4v) is 2.44. The Bertz CT molecular complexity index is 535. The Hall–Kier alpha value is -1.81. The van der Waals surface area contributed by atoms with Gasteiger partial charge in [0.2, 0.25) is 0 Å². The molecule has 0 atom stereocenters. The van der Waals surface area contributed by atoms with Gasteiger partial charge in [0.05, 0.1) is 5.56 Å². The topological polar surface area (TPSA) is 55.1 Å². The zero-order valence-corrected chi connectivity index (χ0v) is 11.1. The van der Waals surface area contributed by atoms with Gasteiger partial charge in [-0.25, -0.2) is 0 Å². The van der Waals surface area contributed by atoms with Gasteiger partial charge in [-0.3, -0.25) is 4.79 Å². The summed E-state index contributed by atoms with van der Waals surface area (Å²) in [6.07, 6.45) is 0.856. The van der Waals surface area contributed by atoms with E-state index in [0.717, 1.165) is 12.0 Å². The number of amides is 1. The summed E-state index contributed by atoms with van der Waals surface area (Å²) in [5, 5.41) is 4.93. The van der Waals surface area contributed by atoms with Crippen LogP contribution in [0, 0.1) is 6.92 Å². The molecule has 2 rings (SSSR count). The van der Waals surface area contributed by atoms with Crippen LogP contribution in [0.5, 0.6) is 0 Å². The van der Waals surface area contributed by atoms with Crippen LogP contribution in [0.4, 0.5) is 5.69 Å². The molecule has 94 valence electrons. The second-order valence-electron chi connectivity index (χ2n) is 4.12. The number of para-hydroxylation sites is 1. The molecule has 1 heterocycles. The van der Waals surface area contributed by atoms with Crippen molar-refractivity contribution in [3.8, 4) is 0 Å². The Morgan fingerprint density at radius 1 is 1.33 bits per heavy atom. The highest BCUT2D eigenvalue weighted by atomic mass is 32.1. The smallest absolute Gasteiger partial charge is 0.253 e. The number of thiophene rings is 1. The zero-order chi connectivity index (χ0) is 13.0. The maximum atomic E-state index is 12.0. The minimum Gasteiger partial charge on any atom is -0.398 e. The van der Waals surface area contributed by atoms with Gasteiger partial charge in [-0.15, -0.1) is 11.3 Å². The molecule has 2 aromatic rings. The first kappa shape index (κ1) is 12.6. The maximum Gasteiger partial charge on any atom is 0.253 e. The third-order valence-electron chi connectivity index (χ3n) is 2.81. The van der Waals surface area contributed by atoms with Crippen molar-refractivity contribution in [2.75, 3.05) is 12.3 Å². The average molecular weight is 260 g/mol. The lowest BCUT2D eigenvalue weighted by Gasteiger charge is -2.08. The molecule has 1 amide bonds. The summed E-state index contributed by atoms with van der Waals surface area (Å²) in [7, 11) is 0. The molecular weight excluding hydrogens is 244 g/mol. The van der Waals surface area contributed by atoms with Crippen LogP contribution in [0.25, 0.3) is 0 Å². The Labute approximate surface area is 111 Å². The van der Waals surface area contributed by atoms with Gasteiger partial charge in [0.1, 0.15) is 0 Å². The second kappa shape index (κ2) is 5.69. The van der Waals surface area contributed by atoms with Crippen LogP contribution in [0.2, 0.25) is 0 Å². The normalized spacial score (nSPS) is 10.3. The Morgan fingerprint density at radius 2 is 2.17 bits per heavy atom. The maximum absolute atomic E-state index is 12.0. The molecule has 0 aliphatic carbocycles. The van der Waals surface area contributed by atoms with Gasteiger partial charge >= 0.3 is 0 Å². The number of hydrogen-bond acceptors (Lipinski definition) is 3. The molecule has 18 heavy (non-hydrogen) atoms. The minimum atomic E-state index is -0.104. The molecule has 0 fully saturated rings. The first-order chi connectivity index (χ1) is 8.68. The average Bonchev–Trinajstić information content (AvgIpc) is 2.85. The number of nitrogens with one attached hydrogen (secondary N) is 1. The Kier molecular flexibility index (Phi) is 3.99. The van der Waals surface area contributed by atoms with Crippen LogP contribution in [0.3, 0.4) is 0 Å². The van der Waals surface area contributed by atoms with Crippen LogP contribution in [0.15, 0.2) is 35.7 Å². The van der Waals surface area contributed by atoms with E-state index in [-0.39, 0.29) is 5.91 Å². The number of nitrogens with two attached hydrogens (primary N) is 1. The molecule has 0 spiro atoms. The number of carbonyl (C=O) groups excluding carboxylic acids is 1. The van der Waals surface area contributed by atoms with Crippen molar-refractivity contribution in [3.63, 3.8) is 0 Å². The molecule has 0 aliphatic heterocycles. The highest BCUT2D eigenvalue weighted by molar-refractivity contribution is 7.09. The number of hydrogen-bond donors (Lipinski definition) is 2. The molecule has 0 saturated heterocycles. The third kappa shape index (κ3) is 2.90. The van der Waals surface area contributed by atoms with Crippen molar-refractivity contribution < 1.29 is 4.79 Å². The van der Waals surface area contributed by atoms with E-state index in [2.05, 4.69) is 11.4 Å². The molecule has 0 radical (unpaired) electrons. The van der Waals surface area contributed by atoms with Gasteiger partial charge in [0, 0.05) is 17.1 Å². The van der Waals surface area contributed by atoms with Crippen LogP contribution in [0.1, 0.15) is 20.8 Å². The van der Waals surface area contributed by atoms with Crippen LogP contribution < -0.4 is 11.1 Å². The van der Waals surface area contributed by atoms with E-state index in [1.54, 1.807) is 17.4 Å². The van der Waals surface area contributed by atoms with Gasteiger partial charge in [-0.2, -0.15) is 0 Å². The molecule has 4 heteroatoms. The van der Waals surface area contributed by atoms with Crippen molar-refractivity contribution in [2.24, 2.45) is 0 Å². The van der Waals surface area contributed by atoms with Crippen molar-refractivity contribution in [2.45, 2.75) is 13.3 Å². The van der Waals surface area contributed by atoms with Crippen LogP contribution in [-0.2, 0) is 6.42 Å². The van der Waals surface area contributed by atoms with Gasteiger partial charge in [-0.05, 0) is 36.4 Å². The van der Waals surface area contributed by atoms with E-state index in [1.807, 2.05) is 30.5 Å². The van der Waals surface area contributed by atoms with Gasteiger partial charge in [0.15, 0.2) is 0 Å². The van der Waals surface area contributed by atoms with Gasteiger partial charge in [-0.1, -0.05) is 18.2 Å². The minimum absolute atomic E-state index is 0.104. The van der Waals surface area contributed by atoms with E-state index < -0.39 is 0 Å². The zero-order valence-electron chi connectivity index (χ0n) is 10.3. The molecule has 3 nitrogen and oxygen atoms in total. The third-order valence-corrected chi connectivity index (χ3v) is 3.74. The van der Waals surface area contributed by atoms with E-state index in [1.165, 1.54) is 4.88 Å².